The smallest absolute Gasteiger partial charge is 0.348 e. The SMILES string of the molecule is CCOC(=O)c1sc2nc(C)nc(N3CC4CC=CCC4C3)c2c1C. The quantitative estimate of drug-likeness (QED) is 0.616. The minimum atomic E-state index is -0.258. The summed E-state index contributed by atoms with van der Waals surface area (Å²) in [6.07, 6.45) is 6.93. The van der Waals surface area contributed by atoms with Crippen LogP contribution in [0.1, 0.15) is 40.8 Å². The van der Waals surface area contributed by atoms with Crippen LogP contribution in [-0.2, 0) is 4.74 Å². The van der Waals surface area contributed by atoms with Gasteiger partial charge in [0.05, 0.1) is 12.0 Å². The molecule has 0 spiro atoms. The van der Waals surface area contributed by atoms with Crippen LogP contribution in [0.3, 0.4) is 0 Å². The third-order valence-electron chi connectivity index (χ3n) is 5.26. The zero-order valence-electron chi connectivity index (χ0n) is 14.9. The summed E-state index contributed by atoms with van der Waals surface area (Å²) in [4.78, 5) is 25.6. The number of hydrogen-bond donors (Lipinski definition) is 0. The molecular weight excluding hydrogens is 334 g/mol. The fraction of sp³-hybridized carbons (Fsp3) is 0.526. The Kier molecular flexibility index (Phi) is 4.23. The van der Waals surface area contributed by atoms with E-state index in [1.54, 1.807) is 0 Å². The highest BCUT2D eigenvalue weighted by atomic mass is 32.1. The molecule has 2 aromatic heterocycles. The summed E-state index contributed by atoms with van der Waals surface area (Å²) in [6, 6.07) is 0. The number of esters is 1. The van der Waals surface area contributed by atoms with Crippen LogP contribution in [0.15, 0.2) is 12.2 Å². The Morgan fingerprint density at radius 3 is 2.56 bits per heavy atom. The van der Waals surface area contributed by atoms with Gasteiger partial charge in [0.15, 0.2) is 0 Å². The third kappa shape index (κ3) is 2.82. The zero-order chi connectivity index (χ0) is 17.6. The van der Waals surface area contributed by atoms with Crippen molar-refractivity contribution in [3.8, 4) is 0 Å². The number of carbonyl (C=O) groups excluding carboxylic acids is 1. The van der Waals surface area contributed by atoms with Crippen molar-refractivity contribution in [2.75, 3.05) is 24.6 Å². The van der Waals surface area contributed by atoms with Crippen LogP contribution >= 0.6 is 11.3 Å². The van der Waals surface area contributed by atoms with E-state index in [0.29, 0.717) is 23.3 Å². The summed E-state index contributed by atoms with van der Waals surface area (Å²) >= 11 is 1.42. The number of rotatable bonds is 3. The van der Waals surface area contributed by atoms with Crippen LogP contribution in [0.4, 0.5) is 5.82 Å². The maximum atomic E-state index is 12.3. The van der Waals surface area contributed by atoms with E-state index in [-0.39, 0.29) is 5.97 Å². The summed E-state index contributed by atoms with van der Waals surface area (Å²) in [7, 11) is 0. The molecule has 132 valence electrons. The van der Waals surface area contributed by atoms with Crippen molar-refractivity contribution in [3.63, 3.8) is 0 Å². The molecule has 4 rings (SSSR count). The molecule has 0 bridgehead atoms. The lowest BCUT2D eigenvalue weighted by molar-refractivity contribution is 0.0531. The van der Waals surface area contributed by atoms with E-state index < -0.39 is 0 Å². The van der Waals surface area contributed by atoms with Crippen molar-refractivity contribution in [1.29, 1.82) is 0 Å². The highest BCUT2D eigenvalue weighted by molar-refractivity contribution is 7.20. The zero-order valence-corrected chi connectivity index (χ0v) is 15.7. The van der Waals surface area contributed by atoms with E-state index in [4.69, 9.17) is 9.72 Å². The predicted octanol–water partition coefficient (Wildman–Crippen LogP) is 3.89. The first-order chi connectivity index (χ1) is 12.1. The molecule has 2 aromatic rings. The summed E-state index contributed by atoms with van der Waals surface area (Å²) in [5.74, 6) is 2.90. The molecule has 0 N–H and O–H groups in total. The molecule has 6 heteroatoms. The molecule has 0 amide bonds. The number of aryl methyl sites for hydroxylation is 2. The average Bonchev–Trinajstić information content (AvgIpc) is 3.16. The third-order valence-corrected chi connectivity index (χ3v) is 6.43. The van der Waals surface area contributed by atoms with E-state index in [2.05, 4.69) is 22.0 Å². The number of fused-ring (bicyclic) bond motifs is 2. The lowest BCUT2D eigenvalue weighted by Crippen LogP contribution is -2.22. The fourth-order valence-corrected chi connectivity index (χ4v) is 5.14. The van der Waals surface area contributed by atoms with Gasteiger partial charge in [0.2, 0.25) is 0 Å². The number of thiophene rings is 1. The maximum Gasteiger partial charge on any atom is 0.348 e. The van der Waals surface area contributed by atoms with Gasteiger partial charge in [-0.3, -0.25) is 0 Å². The molecule has 3 heterocycles. The van der Waals surface area contributed by atoms with Gasteiger partial charge in [0.1, 0.15) is 21.3 Å². The number of anilines is 1. The summed E-state index contributed by atoms with van der Waals surface area (Å²) in [5.41, 5.74) is 0.946. The Bertz CT molecular complexity index is 842. The Labute approximate surface area is 151 Å². The first-order valence-corrected chi connectivity index (χ1v) is 9.75. The van der Waals surface area contributed by atoms with E-state index in [9.17, 15) is 4.79 Å². The first-order valence-electron chi connectivity index (χ1n) is 8.93. The molecular formula is C19H23N3O2S. The minimum absolute atomic E-state index is 0.258. The largest absolute Gasteiger partial charge is 0.462 e. The van der Waals surface area contributed by atoms with Crippen molar-refractivity contribution in [2.45, 2.75) is 33.6 Å². The first kappa shape index (κ1) is 16.5. The van der Waals surface area contributed by atoms with Crippen LogP contribution in [0, 0.1) is 25.7 Å². The average molecular weight is 357 g/mol. The van der Waals surface area contributed by atoms with Gasteiger partial charge in [0.25, 0.3) is 0 Å². The van der Waals surface area contributed by atoms with Crippen molar-refractivity contribution in [3.05, 3.63) is 28.4 Å². The predicted molar refractivity (Wildman–Crippen MR) is 100 cm³/mol. The number of nitrogens with zero attached hydrogens (tertiary/aromatic N) is 3. The van der Waals surface area contributed by atoms with E-state index in [1.807, 2.05) is 20.8 Å². The van der Waals surface area contributed by atoms with Crippen molar-refractivity contribution in [2.24, 2.45) is 11.8 Å². The highest BCUT2D eigenvalue weighted by Crippen LogP contribution is 2.40. The number of allylic oxidation sites excluding steroid dienone is 2. The van der Waals surface area contributed by atoms with Gasteiger partial charge in [-0.05, 0) is 51.0 Å². The molecule has 0 aromatic carbocycles. The second-order valence-electron chi connectivity index (χ2n) is 6.92. The highest BCUT2D eigenvalue weighted by Gasteiger charge is 2.35. The Morgan fingerprint density at radius 1 is 1.24 bits per heavy atom. The standard InChI is InChI=1S/C19H23N3O2S/c1-4-24-19(23)16-11(2)15-17(20-12(3)21-18(15)25-16)22-9-13-7-5-6-8-14(13)10-22/h5-6,13-14H,4,7-10H2,1-3H3. The number of ether oxygens (including phenoxy) is 1. The molecule has 1 saturated heterocycles. The van der Waals surface area contributed by atoms with Gasteiger partial charge in [-0.15, -0.1) is 11.3 Å². The van der Waals surface area contributed by atoms with E-state index in [0.717, 1.165) is 53.4 Å². The van der Waals surface area contributed by atoms with Crippen LogP contribution < -0.4 is 4.90 Å². The van der Waals surface area contributed by atoms with Crippen LogP contribution in [0.25, 0.3) is 10.2 Å². The van der Waals surface area contributed by atoms with Gasteiger partial charge in [-0.2, -0.15) is 0 Å². The van der Waals surface area contributed by atoms with Gasteiger partial charge >= 0.3 is 5.97 Å². The summed E-state index contributed by atoms with van der Waals surface area (Å²) in [6.45, 7) is 8.18. The van der Waals surface area contributed by atoms with E-state index >= 15 is 0 Å². The number of hydrogen-bond acceptors (Lipinski definition) is 6. The van der Waals surface area contributed by atoms with Crippen molar-refractivity contribution in [1.82, 2.24) is 9.97 Å². The van der Waals surface area contributed by atoms with Gasteiger partial charge in [0, 0.05) is 13.1 Å². The Balaban J connectivity index is 1.77. The van der Waals surface area contributed by atoms with Gasteiger partial charge in [-0.25, -0.2) is 14.8 Å². The summed E-state index contributed by atoms with van der Waals surface area (Å²) in [5, 5.41) is 1.02. The maximum absolute atomic E-state index is 12.3. The van der Waals surface area contributed by atoms with E-state index in [1.165, 1.54) is 11.3 Å². The minimum Gasteiger partial charge on any atom is -0.462 e. The monoisotopic (exact) mass is 357 g/mol. The van der Waals surface area contributed by atoms with Crippen LogP contribution in [-0.4, -0.2) is 35.6 Å². The normalized spacial score (nSPS) is 22.4. The summed E-state index contributed by atoms with van der Waals surface area (Å²) < 4.78 is 5.21. The van der Waals surface area contributed by atoms with Crippen LogP contribution in [0.2, 0.25) is 0 Å². The number of carbonyl (C=O) groups is 1. The van der Waals surface area contributed by atoms with Gasteiger partial charge < -0.3 is 9.64 Å². The molecule has 1 aliphatic heterocycles. The molecule has 1 fully saturated rings. The molecule has 0 radical (unpaired) electrons. The topological polar surface area (TPSA) is 55.3 Å². The fourth-order valence-electron chi connectivity index (χ4n) is 4.03. The second-order valence-corrected chi connectivity index (χ2v) is 7.92. The van der Waals surface area contributed by atoms with Crippen molar-refractivity contribution < 1.29 is 9.53 Å². The molecule has 2 atom stereocenters. The molecule has 0 saturated carbocycles. The molecule has 2 aliphatic rings. The van der Waals surface area contributed by atoms with Gasteiger partial charge in [-0.1, -0.05) is 12.2 Å². The molecule has 1 aliphatic carbocycles. The molecule has 25 heavy (non-hydrogen) atoms. The molecule has 2 unspecified atom stereocenters. The number of aromatic nitrogens is 2. The Hall–Kier alpha value is -1.95. The Morgan fingerprint density at radius 2 is 1.92 bits per heavy atom. The van der Waals surface area contributed by atoms with Crippen LogP contribution in [0.5, 0.6) is 0 Å². The lowest BCUT2D eigenvalue weighted by Gasteiger charge is -2.19. The van der Waals surface area contributed by atoms with Crippen molar-refractivity contribution >= 4 is 33.3 Å². The lowest BCUT2D eigenvalue weighted by atomic mass is 9.86. The second kappa shape index (κ2) is 6.41. The molecule has 5 nitrogen and oxygen atoms in total.